The van der Waals surface area contributed by atoms with Crippen molar-refractivity contribution >= 4 is 67.8 Å². The quantitative estimate of drug-likeness (QED) is 0.463. The molecule has 3 aromatic rings. The van der Waals surface area contributed by atoms with Crippen LogP contribution in [0.15, 0.2) is 64.4 Å². The van der Waals surface area contributed by atoms with Gasteiger partial charge in [-0.15, -0.1) is 0 Å². The molecule has 0 bridgehead atoms. The van der Waals surface area contributed by atoms with E-state index in [2.05, 4.69) is 5.32 Å². The van der Waals surface area contributed by atoms with E-state index < -0.39 is 21.5 Å². The summed E-state index contributed by atoms with van der Waals surface area (Å²) in [6, 6.07) is 12.0. The van der Waals surface area contributed by atoms with Crippen LogP contribution in [-0.4, -0.2) is 19.4 Å². The molecule has 0 unspecified atom stereocenters. The molecule has 0 spiro atoms. The maximum absolute atomic E-state index is 12.8. The van der Waals surface area contributed by atoms with Crippen LogP contribution in [0.4, 0.5) is 5.69 Å². The van der Waals surface area contributed by atoms with Crippen molar-refractivity contribution in [3.8, 4) is 5.75 Å². The fraction of sp³-hybridized carbons (Fsp3) is 0. The maximum atomic E-state index is 12.8. The Morgan fingerprint density at radius 1 is 0.793 bits per heavy atom. The molecule has 0 radical (unpaired) electrons. The molecular formula is C19H11Cl4NO4S. The summed E-state index contributed by atoms with van der Waals surface area (Å²) in [6.45, 7) is 0. The van der Waals surface area contributed by atoms with Gasteiger partial charge >= 0.3 is 0 Å². The van der Waals surface area contributed by atoms with Crippen LogP contribution in [0.3, 0.4) is 0 Å². The van der Waals surface area contributed by atoms with Gasteiger partial charge in [0.1, 0.15) is 5.75 Å². The lowest BCUT2D eigenvalue weighted by Crippen LogP contribution is -2.13. The highest BCUT2D eigenvalue weighted by atomic mass is 35.5. The zero-order chi connectivity index (χ0) is 21.3. The van der Waals surface area contributed by atoms with Crippen LogP contribution < -0.4 is 5.32 Å². The van der Waals surface area contributed by atoms with Crippen molar-refractivity contribution in [2.24, 2.45) is 0 Å². The van der Waals surface area contributed by atoms with Crippen LogP contribution in [-0.2, 0) is 9.84 Å². The van der Waals surface area contributed by atoms with Crippen LogP contribution in [0.25, 0.3) is 0 Å². The number of carbonyl (C=O) groups excluding carboxylic acids is 1. The van der Waals surface area contributed by atoms with Gasteiger partial charge in [-0.05, 0) is 54.6 Å². The van der Waals surface area contributed by atoms with Gasteiger partial charge in [0.05, 0.1) is 31.1 Å². The highest BCUT2D eigenvalue weighted by molar-refractivity contribution is 7.91. The summed E-state index contributed by atoms with van der Waals surface area (Å²) in [5, 5.41) is 13.0. The summed E-state index contributed by atoms with van der Waals surface area (Å²) < 4.78 is 25.7. The molecule has 0 atom stereocenters. The Bertz CT molecular complexity index is 1210. The molecule has 0 saturated carbocycles. The molecule has 10 heteroatoms. The second-order valence-electron chi connectivity index (χ2n) is 5.84. The lowest BCUT2D eigenvalue weighted by atomic mass is 10.2. The molecule has 1 amide bonds. The summed E-state index contributed by atoms with van der Waals surface area (Å²) >= 11 is 23.6. The number of carbonyl (C=O) groups is 1. The predicted molar refractivity (Wildman–Crippen MR) is 114 cm³/mol. The van der Waals surface area contributed by atoms with Crippen molar-refractivity contribution in [2.45, 2.75) is 9.79 Å². The van der Waals surface area contributed by atoms with Gasteiger partial charge in [-0.2, -0.15) is 0 Å². The number of hydrogen-bond acceptors (Lipinski definition) is 4. The molecule has 0 aromatic heterocycles. The van der Waals surface area contributed by atoms with E-state index in [4.69, 9.17) is 46.4 Å². The molecule has 0 aliphatic heterocycles. The zero-order valence-electron chi connectivity index (χ0n) is 14.3. The first-order valence-electron chi connectivity index (χ1n) is 7.89. The molecule has 0 saturated heterocycles. The number of sulfone groups is 1. The van der Waals surface area contributed by atoms with Crippen molar-refractivity contribution in [3.63, 3.8) is 0 Å². The summed E-state index contributed by atoms with van der Waals surface area (Å²) in [4.78, 5) is 12.5. The fourth-order valence-electron chi connectivity index (χ4n) is 2.45. The summed E-state index contributed by atoms with van der Waals surface area (Å²) in [5.74, 6) is -1.23. The Labute approximate surface area is 186 Å². The topological polar surface area (TPSA) is 83.5 Å². The molecule has 0 aliphatic carbocycles. The second kappa shape index (κ2) is 8.42. The van der Waals surface area contributed by atoms with E-state index in [1.54, 1.807) is 0 Å². The molecule has 3 rings (SSSR count). The molecule has 2 N–H and O–H groups in total. The highest BCUT2D eigenvalue weighted by Crippen LogP contribution is 2.33. The third-order valence-electron chi connectivity index (χ3n) is 3.89. The van der Waals surface area contributed by atoms with Crippen LogP contribution in [0.2, 0.25) is 20.1 Å². The Morgan fingerprint density at radius 3 is 2.07 bits per heavy atom. The average molecular weight is 491 g/mol. The second-order valence-corrected chi connectivity index (χ2v) is 9.47. The van der Waals surface area contributed by atoms with Gasteiger partial charge in [0, 0.05) is 10.0 Å². The monoisotopic (exact) mass is 489 g/mol. The minimum atomic E-state index is -3.88. The van der Waals surface area contributed by atoms with E-state index in [-0.39, 0.29) is 36.1 Å². The number of benzene rings is 3. The number of anilines is 1. The highest BCUT2D eigenvalue weighted by Gasteiger charge is 2.21. The van der Waals surface area contributed by atoms with E-state index in [1.807, 2.05) is 0 Å². The van der Waals surface area contributed by atoms with Crippen LogP contribution in [0, 0.1) is 0 Å². The number of halogens is 4. The molecule has 150 valence electrons. The third-order valence-corrected chi connectivity index (χ3v) is 6.75. The largest absolute Gasteiger partial charge is 0.506 e. The van der Waals surface area contributed by atoms with E-state index >= 15 is 0 Å². The van der Waals surface area contributed by atoms with Gasteiger partial charge in [-0.1, -0.05) is 46.4 Å². The number of phenolic OH excluding ortho intramolecular Hbond substituents is 1. The molecule has 5 nitrogen and oxygen atoms in total. The van der Waals surface area contributed by atoms with Crippen molar-refractivity contribution < 1.29 is 18.3 Å². The normalized spacial score (nSPS) is 11.3. The van der Waals surface area contributed by atoms with Crippen molar-refractivity contribution in [1.82, 2.24) is 0 Å². The van der Waals surface area contributed by atoms with Gasteiger partial charge in [-0.3, -0.25) is 4.79 Å². The van der Waals surface area contributed by atoms with E-state index in [1.165, 1.54) is 54.6 Å². The summed E-state index contributed by atoms with van der Waals surface area (Å²) in [6.07, 6.45) is 0. The Balaban J connectivity index is 1.98. The maximum Gasteiger partial charge on any atom is 0.259 e. The average Bonchev–Trinajstić information content (AvgIpc) is 2.66. The summed E-state index contributed by atoms with van der Waals surface area (Å²) in [7, 11) is -3.88. The first-order valence-corrected chi connectivity index (χ1v) is 10.9. The Morgan fingerprint density at radius 2 is 1.41 bits per heavy atom. The van der Waals surface area contributed by atoms with Crippen LogP contribution in [0.5, 0.6) is 5.75 Å². The third kappa shape index (κ3) is 4.63. The first kappa shape index (κ1) is 21.7. The first-order chi connectivity index (χ1) is 13.6. The number of nitrogens with one attached hydrogen (secondary N) is 1. The molecular weight excluding hydrogens is 480 g/mol. The lowest BCUT2D eigenvalue weighted by molar-refractivity contribution is 0.102. The molecule has 0 aliphatic rings. The minimum absolute atomic E-state index is 0.0285. The van der Waals surface area contributed by atoms with Gasteiger partial charge < -0.3 is 10.4 Å². The fourth-order valence-corrected chi connectivity index (χ4v) is 4.52. The Kier molecular flexibility index (Phi) is 6.31. The van der Waals surface area contributed by atoms with Crippen molar-refractivity contribution in [2.75, 3.05) is 5.32 Å². The number of hydrogen-bond donors (Lipinski definition) is 2. The smallest absolute Gasteiger partial charge is 0.259 e. The van der Waals surface area contributed by atoms with Crippen LogP contribution >= 0.6 is 46.4 Å². The van der Waals surface area contributed by atoms with Gasteiger partial charge in [0.15, 0.2) is 0 Å². The Hall–Kier alpha value is -1.96. The molecule has 0 fully saturated rings. The number of rotatable bonds is 4. The number of amides is 1. The van der Waals surface area contributed by atoms with E-state index in [0.717, 1.165) is 0 Å². The van der Waals surface area contributed by atoms with Crippen LogP contribution in [0.1, 0.15) is 10.4 Å². The lowest BCUT2D eigenvalue weighted by Gasteiger charge is -2.12. The van der Waals surface area contributed by atoms with Gasteiger partial charge in [0.2, 0.25) is 9.84 Å². The number of aromatic hydroxyl groups is 1. The zero-order valence-corrected chi connectivity index (χ0v) is 18.1. The summed E-state index contributed by atoms with van der Waals surface area (Å²) in [5.41, 5.74) is -0.160. The SMILES string of the molecule is O=C(Nc1cc(S(=O)(=O)c2ccc(Cl)cc2)ccc1Cl)c1cc(Cl)cc(Cl)c1O. The van der Waals surface area contributed by atoms with Gasteiger partial charge in [0.25, 0.3) is 5.91 Å². The molecule has 0 heterocycles. The van der Waals surface area contributed by atoms with E-state index in [0.29, 0.717) is 5.02 Å². The van der Waals surface area contributed by atoms with Crippen molar-refractivity contribution in [3.05, 3.63) is 80.3 Å². The van der Waals surface area contributed by atoms with Gasteiger partial charge in [-0.25, -0.2) is 8.42 Å². The van der Waals surface area contributed by atoms with Crippen molar-refractivity contribution in [1.29, 1.82) is 0 Å². The molecule has 3 aromatic carbocycles. The standard InChI is InChI=1S/C19H11Cl4NO4S/c20-10-1-3-12(4-2-10)29(27,28)13-5-6-15(22)17(9-13)24-19(26)14-7-11(21)8-16(23)18(14)25/h1-9,25H,(H,24,26). The van der Waals surface area contributed by atoms with E-state index in [9.17, 15) is 18.3 Å². The minimum Gasteiger partial charge on any atom is -0.506 e. The number of phenols is 1. The molecule has 29 heavy (non-hydrogen) atoms. The predicted octanol–water partition coefficient (Wildman–Crippen LogP) is 6.09.